The van der Waals surface area contributed by atoms with E-state index < -0.39 is 23.3 Å². The molecule has 1 fully saturated rings. The Morgan fingerprint density at radius 2 is 2.12 bits per heavy atom. The Morgan fingerprint density at radius 3 is 2.44 bits per heavy atom. The van der Waals surface area contributed by atoms with Gasteiger partial charge in [0, 0.05) is 0 Å². The summed E-state index contributed by atoms with van der Waals surface area (Å²) in [5, 5.41) is 14.3. The molecule has 88 valence electrons. The largest absolute Gasteiger partial charge is 0.481 e. The van der Waals surface area contributed by atoms with Crippen molar-refractivity contribution < 1.29 is 23.1 Å². The van der Waals surface area contributed by atoms with Crippen molar-refractivity contribution in [2.75, 3.05) is 0 Å². The highest BCUT2D eigenvalue weighted by atomic mass is 19.4. The van der Waals surface area contributed by atoms with E-state index in [1.807, 2.05) is 0 Å². The summed E-state index contributed by atoms with van der Waals surface area (Å²) in [6.45, 7) is 0. The van der Waals surface area contributed by atoms with E-state index in [0.29, 0.717) is 19.3 Å². The van der Waals surface area contributed by atoms with Crippen LogP contribution >= 0.6 is 0 Å². The first-order chi connectivity index (χ1) is 7.36. The van der Waals surface area contributed by atoms with Crippen molar-refractivity contribution >= 4 is 5.97 Å². The van der Waals surface area contributed by atoms with E-state index in [9.17, 15) is 18.0 Å². The van der Waals surface area contributed by atoms with Gasteiger partial charge in [0.05, 0.1) is 5.69 Å². The van der Waals surface area contributed by atoms with Crippen LogP contribution in [-0.4, -0.2) is 21.3 Å². The molecule has 0 aliphatic heterocycles. The second kappa shape index (κ2) is 3.23. The third-order valence-electron chi connectivity index (χ3n) is 3.00. The van der Waals surface area contributed by atoms with Crippen LogP contribution in [0.5, 0.6) is 0 Å². The highest BCUT2D eigenvalue weighted by Gasteiger charge is 2.48. The first-order valence-electron chi connectivity index (χ1n) is 4.73. The van der Waals surface area contributed by atoms with Crippen LogP contribution < -0.4 is 0 Å². The number of carbonyl (C=O) groups is 1. The minimum Gasteiger partial charge on any atom is -0.481 e. The number of carboxylic acid groups (broad SMARTS) is 1. The SMILES string of the molecule is O=C(O)C1(c2cc(C(F)(F)F)n[nH]2)CCC1. The van der Waals surface area contributed by atoms with Crippen molar-refractivity contribution in [1.82, 2.24) is 10.2 Å². The van der Waals surface area contributed by atoms with Gasteiger partial charge in [0.15, 0.2) is 5.69 Å². The highest BCUT2D eigenvalue weighted by molar-refractivity contribution is 5.81. The van der Waals surface area contributed by atoms with Gasteiger partial charge in [0.1, 0.15) is 5.41 Å². The summed E-state index contributed by atoms with van der Waals surface area (Å²) in [5.41, 5.74) is -2.23. The van der Waals surface area contributed by atoms with Crippen molar-refractivity contribution in [3.63, 3.8) is 0 Å². The molecule has 0 bridgehead atoms. The molecule has 1 heterocycles. The fourth-order valence-electron chi connectivity index (χ4n) is 1.84. The second-order valence-electron chi connectivity index (χ2n) is 3.91. The van der Waals surface area contributed by atoms with Gasteiger partial charge in [0.2, 0.25) is 0 Å². The standard InChI is InChI=1S/C9H9F3N2O2/c10-9(11,12)6-4-5(13-14-6)8(7(15)16)2-1-3-8/h4H,1-3H2,(H,13,14)(H,15,16). The Morgan fingerprint density at radius 1 is 1.50 bits per heavy atom. The number of aromatic nitrogens is 2. The van der Waals surface area contributed by atoms with Gasteiger partial charge in [-0.2, -0.15) is 18.3 Å². The van der Waals surface area contributed by atoms with Crippen LogP contribution in [0, 0.1) is 0 Å². The van der Waals surface area contributed by atoms with Crippen LogP contribution in [0.25, 0.3) is 0 Å². The van der Waals surface area contributed by atoms with E-state index in [2.05, 4.69) is 10.2 Å². The Kier molecular flexibility index (Phi) is 2.21. The second-order valence-corrected chi connectivity index (χ2v) is 3.91. The maximum atomic E-state index is 12.3. The number of halogens is 3. The Bertz CT molecular complexity index is 421. The lowest BCUT2D eigenvalue weighted by atomic mass is 9.66. The molecule has 1 aromatic heterocycles. The lowest BCUT2D eigenvalue weighted by Gasteiger charge is -2.36. The number of carboxylic acids is 1. The first kappa shape index (κ1) is 11.0. The molecular formula is C9H9F3N2O2. The van der Waals surface area contributed by atoms with Gasteiger partial charge >= 0.3 is 12.1 Å². The zero-order valence-corrected chi connectivity index (χ0v) is 8.14. The van der Waals surface area contributed by atoms with Gasteiger partial charge in [-0.1, -0.05) is 6.42 Å². The molecule has 0 spiro atoms. The molecule has 0 radical (unpaired) electrons. The predicted molar refractivity (Wildman–Crippen MR) is 46.8 cm³/mol. The van der Waals surface area contributed by atoms with Gasteiger partial charge in [-0.3, -0.25) is 9.89 Å². The maximum absolute atomic E-state index is 12.3. The van der Waals surface area contributed by atoms with Gasteiger partial charge < -0.3 is 5.11 Å². The van der Waals surface area contributed by atoms with Crippen LogP contribution in [-0.2, 0) is 16.4 Å². The summed E-state index contributed by atoms with van der Waals surface area (Å²) >= 11 is 0. The Labute approximate surface area is 88.5 Å². The van der Waals surface area contributed by atoms with Crippen LogP contribution in [0.4, 0.5) is 13.2 Å². The fraction of sp³-hybridized carbons (Fsp3) is 0.556. The number of rotatable bonds is 2. The fourth-order valence-corrected chi connectivity index (χ4v) is 1.84. The molecule has 1 aliphatic carbocycles. The lowest BCUT2D eigenvalue weighted by molar-refractivity contribution is -0.148. The zero-order chi connectivity index (χ0) is 12.0. The highest BCUT2D eigenvalue weighted by Crippen LogP contribution is 2.44. The average molecular weight is 234 g/mol. The smallest absolute Gasteiger partial charge is 0.435 e. The number of aromatic amines is 1. The molecule has 0 atom stereocenters. The third kappa shape index (κ3) is 1.46. The average Bonchev–Trinajstić information content (AvgIpc) is 2.48. The lowest BCUT2D eigenvalue weighted by Crippen LogP contribution is -2.42. The summed E-state index contributed by atoms with van der Waals surface area (Å²) in [6.07, 6.45) is -3.14. The van der Waals surface area contributed by atoms with Gasteiger partial charge in [-0.25, -0.2) is 0 Å². The number of alkyl halides is 3. The van der Waals surface area contributed by atoms with Crippen molar-refractivity contribution in [2.24, 2.45) is 0 Å². The number of H-pyrrole nitrogens is 1. The summed E-state index contributed by atoms with van der Waals surface area (Å²) in [7, 11) is 0. The van der Waals surface area contributed by atoms with E-state index in [4.69, 9.17) is 5.11 Å². The number of nitrogens with zero attached hydrogens (tertiary/aromatic N) is 1. The van der Waals surface area contributed by atoms with E-state index in [0.717, 1.165) is 6.07 Å². The summed E-state index contributed by atoms with van der Waals surface area (Å²) < 4.78 is 36.8. The molecule has 0 saturated heterocycles. The minimum atomic E-state index is -4.54. The summed E-state index contributed by atoms with van der Waals surface area (Å²) in [4.78, 5) is 11.0. The molecule has 0 amide bonds. The maximum Gasteiger partial charge on any atom is 0.435 e. The van der Waals surface area contributed by atoms with Gasteiger partial charge in [-0.15, -0.1) is 0 Å². The minimum absolute atomic E-state index is 0.0403. The van der Waals surface area contributed by atoms with E-state index in [-0.39, 0.29) is 5.69 Å². The molecule has 2 rings (SSSR count). The number of hydrogen-bond donors (Lipinski definition) is 2. The van der Waals surface area contributed by atoms with Crippen LogP contribution in [0.1, 0.15) is 30.7 Å². The van der Waals surface area contributed by atoms with Crippen LogP contribution in [0.15, 0.2) is 6.07 Å². The predicted octanol–water partition coefficient (Wildman–Crippen LogP) is 1.93. The number of hydrogen-bond acceptors (Lipinski definition) is 2. The van der Waals surface area contributed by atoms with Crippen molar-refractivity contribution in [3.05, 3.63) is 17.5 Å². The molecule has 2 N–H and O–H groups in total. The molecular weight excluding hydrogens is 225 g/mol. The van der Waals surface area contributed by atoms with Crippen molar-refractivity contribution in [2.45, 2.75) is 30.9 Å². The van der Waals surface area contributed by atoms with Gasteiger partial charge in [0.25, 0.3) is 0 Å². The molecule has 1 aromatic rings. The van der Waals surface area contributed by atoms with Crippen LogP contribution in [0.3, 0.4) is 0 Å². The van der Waals surface area contributed by atoms with E-state index in [1.165, 1.54) is 0 Å². The molecule has 1 aliphatic rings. The topological polar surface area (TPSA) is 66.0 Å². The zero-order valence-electron chi connectivity index (χ0n) is 8.14. The number of nitrogens with one attached hydrogen (secondary N) is 1. The monoisotopic (exact) mass is 234 g/mol. The first-order valence-corrected chi connectivity index (χ1v) is 4.73. The summed E-state index contributed by atoms with van der Waals surface area (Å²) in [5.74, 6) is -1.10. The Balaban J connectivity index is 2.35. The van der Waals surface area contributed by atoms with E-state index in [1.54, 1.807) is 0 Å². The van der Waals surface area contributed by atoms with Crippen LogP contribution in [0.2, 0.25) is 0 Å². The molecule has 16 heavy (non-hydrogen) atoms. The normalized spacial score (nSPS) is 19.2. The molecule has 0 aromatic carbocycles. The van der Waals surface area contributed by atoms with Crippen molar-refractivity contribution in [3.8, 4) is 0 Å². The van der Waals surface area contributed by atoms with Gasteiger partial charge in [-0.05, 0) is 18.9 Å². The molecule has 7 heteroatoms. The summed E-state index contributed by atoms with van der Waals surface area (Å²) in [6, 6.07) is 0.785. The van der Waals surface area contributed by atoms with E-state index >= 15 is 0 Å². The molecule has 1 saturated carbocycles. The van der Waals surface area contributed by atoms with Crippen molar-refractivity contribution in [1.29, 1.82) is 0 Å². The molecule has 0 unspecified atom stereocenters. The molecule has 4 nitrogen and oxygen atoms in total. The third-order valence-corrected chi connectivity index (χ3v) is 3.00. The quantitative estimate of drug-likeness (QED) is 0.821. The Hall–Kier alpha value is -1.53. The number of aliphatic carboxylic acids is 1.